The molecule has 0 aromatic rings. The third-order valence-electron chi connectivity index (χ3n) is 0. The van der Waals surface area contributed by atoms with Crippen LogP contribution in [0.2, 0.25) is 0 Å². The van der Waals surface area contributed by atoms with Crippen LogP contribution < -0.4 is 0 Å². The molecule has 0 rings (SSSR count). The van der Waals surface area contributed by atoms with Crippen molar-refractivity contribution < 1.29 is 104 Å². The Morgan fingerprint density at radius 2 is 1.25 bits per heavy atom. The van der Waals surface area contributed by atoms with Crippen LogP contribution in [0, 0.1) is 81.7 Å². The summed E-state index contributed by atoms with van der Waals surface area (Å²) in [6.45, 7) is 0. The summed E-state index contributed by atoms with van der Waals surface area (Å²) in [5, 5.41) is 0. The zero-order valence-corrected chi connectivity index (χ0v) is 12.1. The average molecular weight is 389 g/mol. The molecule has 0 nitrogen and oxygen atoms in total. The Kier molecular flexibility index (Phi) is 95.5. The summed E-state index contributed by atoms with van der Waals surface area (Å²) in [6.07, 6.45) is 0. The SMILES string of the molecule is [Ce].[Gd].[H-].[H-].[Mg+2].[Zn]. The molecule has 0 aliphatic rings. The van der Waals surface area contributed by atoms with Gasteiger partial charge in [0.15, 0.2) is 0 Å². The molecule has 0 bridgehead atoms. The molecular weight excluding hydrogens is 387 g/mol. The summed E-state index contributed by atoms with van der Waals surface area (Å²) in [7, 11) is 0. The van der Waals surface area contributed by atoms with Gasteiger partial charge in [0.1, 0.15) is 0 Å². The van der Waals surface area contributed by atoms with Crippen molar-refractivity contribution in [1.29, 1.82) is 0 Å². The van der Waals surface area contributed by atoms with Crippen molar-refractivity contribution in [2.24, 2.45) is 0 Å². The van der Waals surface area contributed by atoms with Crippen molar-refractivity contribution >= 4 is 23.1 Å². The molecule has 0 aliphatic heterocycles. The van der Waals surface area contributed by atoms with Crippen LogP contribution in [0.25, 0.3) is 0 Å². The van der Waals surface area contributed by atoms with Crippen LogP contribution >= 0.6 is 0 Å². The Bertz CT molecular complexity index is 13.5. The molecule has 0 saturated heterocycles. The van der Waals surface area contributed by atoms with Gasteiger partial charge in [0.2, 0.25) is 0 Å². The van der Waals surface area contributed by atoms with Gasteiger partial charge < -0.3 is 2.85 Å². The van der Waals surface area contributed by atoms with Gasteiger partial charge >= 0.3 is 23.1 Å². The fourth-order valence-corrected chi connectivity index (χ4v) is 0. The van der Waals surface area contributed by atoms with Gasteiger partial charge in [-0.1, -0.05) is 0 Å². The first kappa shape index (κ1) is 24.3. The van der Waals surface area contributed by atoms with Crippen molar-refractivity contribution in [3.8, 4) is 0 Å². The van der Waals surface area contributed by atoms with Crippen LogP contribution in [0.3, 0.4) is 0 Å². The molecule has 0 N–H and O–H groups in total. The van der Waals surface area contributed by atoms with E-state index in [1.54, 1.807) is 0 Å². The summed E-state index contributed by atoms with van der Waals surface area (Å²) in [5.41, 5.74) is 0. The van der Waals surface area contributed by atoms with Crippen LogP contribution in [0.4, 0.5) is 0 Å². The van der Waals surface area contributed by atoms with E-state index in [0.717, 1.165) is 0 Å². The molecule has 0 heterocycles. The first-order chi connectivity index (χ1) is 0. The van der Waals surface area contributed by atoms with Crippen LogP contribution in [0.1, 0.15) is 2.85 Å². The maximum absolute atomic E-state index is 0. The minimum absolute atomic E-state index is 0. The van der Waals surface area contributed by atoms with Crippen LogP contribution in [-0.4, -0.2) is 23.1 Å². The van der Waals surface area contributed by atoms with Gasteiger partial charge in [0.25, 0.3) is 0 Å². The standard InChI is InChI=1S/Ce.Gd.Mg.Zn.2H/q;;+2;;2*-1. The average Bonchev–Trinajstić information content (AvgIpc) is 0. The molecule has 18 valence electrons. The molecule has 0 atom stereocenters. The second-order valence-corrected chi connectivity index (χ2v) is 0. The van der Waals surface area contributed by atoms with Gasteiger partial charge in [0, 0.05) is 101 Å². The minimum Gasteiger partial charge on any atom is -1.00 e. The van der Waals surface area contributed by atoms with E-state index in [9.17, 15) is 0 Å². The molecule has 0 radical (unpaired) electrons. The fourth-order valence-electron chi connectivity index (χ4n) is 0. The minimum atomic E-state index is 0. The Labute approximate surface area is 124 Å². The molecule has 0 amide bonds. The van der Waals surface area contributed by atoms with Gasteiger partial charge in [-0.2, -0.15) is 0 Å². The number of hydrogen-bond donors (Lipinski definition) is 0. The van der Waals surface area contributed by atoms with Gasteiger partial charge in [-0.05, 0) is 0 Å². The second kappa shape index (κ2) is 15.7. The molecule has 4 heavy (non-hydrogen) atoms. The van der Waals surface area contributed by atoms with Gasteiger partial charge in [-0.3, -0.25) is 0 Å². The summed E-state index contributed by atoms with van der Waals surface area (Å²) in [5.74, 6) is 0. The third kappa shape index (κ3) is 9.43. The Morgan fingerprint density at radius 3 is 1.25 bits per heavy atom. The van der Waals surface area contributed by atoms with Gasteiger partial charge in [0.05, 0.1) is 0 Å². The topological polar surface area (TPSA) is 0 Å². The largest absolute Gasteiger partial charge is 2.00 e. The summed E-state index contributed by atoms with van der Waals surface area (Å²) >= 11 is 0. The van der Waals surface area contributed by atoms with Crippen molar-refractivity contribution in [2.75, 3.05) is 0 Å². The third-order valence-corrected chi connectivity index (χ3v) is 0. The van der Waals surface area contributed by atoms with Crippen molar-refractivity contribution in [3.05, 3.63) is 0 Å². The van der Waals surface area contributed by atoms with Gasteiger partial charge in [-0.15, -0.1) is 0 Å². The van der Waals surface area contributed by atoms with Crippen molar-refractivity contribution in [3.63, 3.8) is 0 Å². The molecule has 4 heteroatoms. The Morgan fingerprint density at radius 1 is 1.25 bits per heavy atom. The zero-order chi connectivity index (χ0) is 0. The quantitative estimate of drug-likeness (QED) is 0.506. The first-order valence-electron chi connectivity index (χ1n) is 0. The van der Waals surface area contributed by atoms with Crippen LogP contribution in [0.5, 0.6) is 0 Å². The molecule has 0 aliphatic carbocycles. The maximum Gasteiger partial charge on any atom is 2.00 e. The van der Waals surface area contributed by atoms with E-state index in [1.807, 2.05) is 0 Å². The van der Waals surface area contributed by atoms with E-state index in [2.05, 4.69) is 0 Å². The summed E-state index contributed by atoms with van der Waals surface area (Å²) in [6, 6.07) is 0. The smallest absolute Gasteiger partial charge is 1.00 e. The van der Waals surface area contributed by atoms with E-state index < -0.39 is 0 Å². The van der Waals surface area contributed by atoms with Crippen LogP contribution in [-0.2, 0) is 19.5 Å². The molecule has 0 aromatic heterocycles. The van der Waals surface area contributed by atoms with E-state index in [0.29, 0.717) is 0 Å². The molecular formula is H2CeGdMgZn. The van der Waals surface area contributed by atoms with Crippen molar-refractivity contribution in [1.82, 2.24) is 0 Å². The maximum atomic E-state index is 0. The monoisotopic (exact) mass is 388 g/mol. The number of hydrogen-bond acceptors (Lipinski definition) is 0. The van der Waals surface area contributed by atoms with E-state index in [-0.39, 0.29) is 127 Å². The predicted molar refractivity (Wildman–Crippen MR) is 7.98 cm³/mol. The molecule has 0 saturated carbocycles. The Hall–Kier alpha value is 4.09. The van der Waals surface area contributed by atoms with E-state index in [4.69, 9.17) is 0 Å². The van der Waals surface area contributed by atoms with E-state index >= 15 is 0 Å². The number of rotatable bonds is 0. The normalized spacial score (nSPS) is 0. The molecule has 0 fully saturated rings. The molecule has 0 unspecified atom stereocenters. The fraction of sp³-hybridized carbons (Fsp3) is 0. The Balaban J connectivity index is 0. The zero-order valence-electron chi connectivity index (χ0n) is 4.27. The summed E-state index contributed by atoms with van der Waals surface area (Å²) in [4.78, 5) is 0. The second-order valence-electron chi connectivity index (χ2n) is 0. The summed E-state index contributed by atoms with van der Waals surface area (Å²) < 4.78 is 0. The van der Waals surface area contributed by atoms with Crippen LogP contribution in [0.15, 0.2) is 0 Å². The van der Waals surface area contributed by atoms with Crippen molar-refractivity contribution in [2.45, 2.75) is 0 Å². The predicted octanol–water partition coefficient (Wildman–Crippen LogP) is -0.158. The van der Waals surface area contributed by atoms with Gasteiger partial charge in [-0.25, -0.2) is 0 Å². The van der Waals surface area contributed by atoms with E-state index in [1.165, 1.54) is 0 Å². The first-order valence-corrected chi connectivity index (χ1v) is 0. The molecule has 0 aromatic carbocycles. The molecule has 0 spiro atoms.